The highest BCUT2D eigenvalue weighted by atomic mass is 16.1. The number of carbonyl (C=O) groups is 1. The first kappa shape index (κ1) is 20.3. The third kappa shape index (κ3) is 3.65. The molecule has 1 aromatic heterocycles. The first-order chi connectivity index (χ1) is 14.6. The van der Waals surface area contributed by atoms with E-state index in [1.807, 2.05) is 48.5 Å². The molecule has 154 valence electrons. The molecule has 1 aliphatic rings. The van der Waals surface area contributed by atoms with Crippen LogP contribution in [0.4, 0.5) is 0 Å². The van der Waals surface area contributed by atoms with Crippen molar-refractivity contribution in [2.45, 2.75) is 50.7 Å². The number of fused-ring (bicyclic) bond motifs is 1. The van der Waals surface area contributed by atoms with Gasteiger partial charge in [0.25, 0.3) is 0 Å². The lowest BCUT2D eigenvalue weighted by Gasteiger charge is -2.31. The summed E-state index contributed by atoms with van der Waals surface area (Å²) >= 11 is 0. The Morgan fingerprint density at radius 2 is 2.07 bits per heavy atom. The van der Waals surface area contributed by atoms with E-state index in [1.165, 1.54) is 5.69 Å². The van der Waals surface area contributed by atoms with Gasteiger partial charge in [-0.15, -0.1) is 0 Å². The quantitative estimate of drug-likeness (QED) is 0.631. The molecule has 5 heteroatoms. The van der Waals surface area contributed by atoms with Crippen LogP contribution in [-0.4, -0.2) is 22.4 Å². The molecule has 1 fully saturated rings. The molecule has 2 heterocycles. The number of ketones is 1. The van der Waals surface area contributed by atoms with Gasteiger partial charge in [-0.2, -0.15) is 5.26 Å². The topological polar surface area (TPSA) is 83.8 Å². The first-order valence-electron chi connectivity index (χ1n) is 10.7. The fourth-order valence-electron chi connectivity index (χ4n) is 4.77. The molecule has 0 bridgehead atoms. The molecule has 2 atom stereocenters. The van der Waals surface area contributed by atoms with Gasteiger partial charge in [0, 0.05) is 17.8 Å². The van der Waals surface area contributed by atoms with Gasteiger partial charge in [0.05, 0.1) is 23.2 Å². The lowest BCUT2D eigenvalue weighted by atomic mass is 9.81. The summed E-state index contributed by atoms with van der Waals surface area (Å²) in [4.78, 5) is 13.5. The molecule has 1 saturated heterocycles. The number of aromatic nitrogens is 1. The fourth-order valence-corrected chi connectivity index (χ4v) is 4.77. The second-order valence-electron chi connectivity index (χ2n) is 8.13. The summed E-state index contributed by atoms with van der Waals surface area (Å²) in [6.45, 7) is 3.78. The van der Waals surface area contributed by atoms with Crippen molar-refractivity contribution in [3.05, 3.63) is 71.4 Å². The molecule has 5 nitrogen and oxygen atoms in total. The Bertz CT molecular complexity index is 1090. The monoisotopic (exact) mass is 400 g/mol. The average molecular weight is 401 g/mol. The zero-order chi connectivity index (χ0) is 21.1. The summed E-state index contributed by atoms with van der Waals surface area (Å²) in [5.74, 6) is 0.0807. The summed E-state index contributed by atoms with van der Waals surface area (Å²) in [6.07, 6.45) is 3.30. The Kier molecular flexibility index (Phi) is 5.72. The molecule has 0 aliphatic carbocycles. The van der Waals surface area contributed by atoms with Crippen molar-refractivity contribution in [3.63, 3.8) is 0 Å². The Hall–Kier alpha value is -2.94. The number of nitrogens with one attached hydrogen (secondary N) is 1. The molecule has 3 aromatic rings. The highest BCUT2D eigenvalue weighted by Crippen LogP contribution is 2.32. The predicted molar refractivity (Wildman–Crippen MR) is 119 cm³/mol. The van der Waals surface area contributed by atoms with Gasteiger partial charge in [-0.05, 0) is 68.3 Å². The van der Waals surface area contributed by atoms with Gasteiger partial charge in [0.2, 0.25) is 0 Å². The maximum atomic E-state index is 13.5. The van der Waals surface area contributed by atoms with Gasteiger partial charge in [-0.1, -0.05) is 36.4 Å². The van der Waals surface area contributed by atoms with Gasteiger partial charge < -0.3 is 15.6 Å². The maximum Gasteiger partial charge on any atom is 0.173 e. The molecule has 0 saturated carbocycles. The number of rotatable bonds is 7. The van der Waals surface area contributed by atoms with Crippen LogP contribution >= 0.6 is 0 Å². The molecule has 0 spiro atoms. The minimum atomic E-state index is -0.619. The number of aryl methyl sites for hydroxylation is 2. The van der Waals surface area contributed by atoms with Crippen LogP contribution in [0.3, 0.4) is 0 Å². The number of nitrogens with zero attached hydrogens (tertiary/aromatic N) is 2. The zero-order valence-electron chi connectivity index (χ0n) is 17.4. The van der Waals surface area contributed by atoms with E-state index < -0.39 is 11.6 Å². The van der Waals surface area contributed by atoms with E-state index in [-0.39, 0.29) is 5.78 Å². The number of hydrogen-bond donors (Lipinski definition) is 2. The van der Waals surface area contributed by atoms with Crippen LogP contribution in [0.25, 0.3) is 10.9 Å². The minimum absolute atomic E-state index is 0.0807. The van der Waals surface area contributed by atoms with Crippen LogP contribution in [0.5, 0.6) is 0 Å². The molecular weight excluding hydrogens is 372 g/mol. The highest BCUT2D eigenvalue weighted by Gasteiger charge is 2.43. The zero-order valence-corrected chi connectivity index (χ0v) is 17.4. The molecular formula is C25H28N4O. The SMILES string of the molecule is CCn1c(CCC2(C(=O)C(N)c3ccccc3)CCCN2)cc2ccc(C#N)cc21. The van der Waals surface area contributed by atoms with E-state index in [4.69, 9.17) is 5.73 Å². The molecule has 30 heavy (non-hydrogen) atoms. The van der Waals surface area contributed by atoms with Crippen LogP contribution < -0.4 is 11.1 Å². The summed E-state index contributed by atoms with van der Waals surface area (Å²) in [7, 11) is 0. The van der Waals surface area contributed by atoms with Crippen molar-refractivity contribution < 1.29 is 4.79 Å². The van der Waals surface area contributed by atoms with Crippen molar-refractivity contribution in [2.24, 2.45) is 5.73 Å². The fraction of sp³-hybridized carbons (Fsp3) is 0.360. The molecule has 1 aliphatic heterocycles. The van der Waals surface area contributed by atoms with Crippen molar-refractivity contribution >= 4 is 16.7 Å². The second kappa shape index (κ2) is 8.43. The number of carbonyl (C=O) groups excluding carboxylic acids is 1. The summed E-state index contributed by atoms with van der Waals surface area (Å²) in [5.41, 5.74) is 9.61. The maximum absolute atomic E-state index is 13.5. The van der Waals surface area contributed by atoms with E-state index in [9.17, 15) is 10.1 Å². The van der Waals surface area contributed by atoms with Gasteiger partial charge >= 0.3 is 0 Å². The van der Waals surface area contributed by atoms with Crippen LogP contribution in [0.2, 0.25) is 0 Å². The summed E-state index contributed by atoms with van der Waals surface area (Å²) < 4.78 is 2.25. The first-order valence-corrected chi connectivity index (χ1v) is 10.7. The van der Waals surface area contributed by atoms with Gasteiger partial charge in [0.15, 0.2) is 5.78 Å². The van der Waals surface area contributed by atoms with E-state index in [0.29, 0.717) is 12.0 Å². The normalized spacial score (nSPS) is 19.6. The molecule has 2 aromatic carbocycles. The second-order valence-corrected chi connectivity index (χ2v) is 8.13. The van der Waals surface area contributed by atoms with Crippen LogP contribution in [0.1, 0.15) is 49.0 Å². The highest BCUT2D eigenvalue weighted by molar-refractivity contribution is 5.94. The number of Topliss-reactive ketones (excluding diaryl/α,β-unsaturated/α-hetero) is 1. The van der Waals surface area contributed by atoms with Crippen LogP contribution in [0.15, 0.2) is 54.6 Å². The van der Waals surface area contributed by atoms with Crippen molar-refractivity contribution in [1.29, 1.82) is 5.26 Å². The molecule has 3 N–H and O–H groups in total. The lowest BCUT2D eigenvalue weighted by molar-refractivity contribution is -0.126. The van der Waals surface area contributed by atoms with E-state index in [1.54, 1.807) is 0 Å². The smallest absolute Gasteiger partial charge is 0.173 e. The number of benzene rings is 2. The third-order valence-corrected chi connectivity index (χ3v) is 6.40. The molecule has 4 rings (SSSR count). The largest absolute Gasteiger partial charge is 0.345 e. The van der Waals surface area contributed by atoms with Crippen LogP contribution in [-0.2, 0) is 17.8 Å². The standard InChI is InChI=1S/C25H28N4O/c1-2-29-21(16-20-10-9-18(17-26)15-22(20)29)11-13-25(12-6-14-28-25)24(30)23(27)19-7-4-3-5-8-19/h3-5,7-10,15-16,23,28H,2,6,11-14,27H2,1H3. The number of nitrogens with two attached hydrogens (primary N) is 1. The van der Waals surface area contributed by atoms with Crippen molar-refractivity contribution in [1.82, 2.24) is 9.88 Å². The summed E-state index contributed by atoms with van der Waals surface area (Å²) in [5, 5.41) is 13.9. The van der Waals surface area contributed by atoms with Gasteiger partial charge in [-0.3, -0.25) is 4.79 Å². The van der Waals surface area contributed by atoms with E-state index >= 15 is 0 Å². The molecule has 0 radical (unpaired) electrons. The van der Waals surface area contributed by atoms with E-state index in [0.717, 1.165) is 48.8 Å². The predicted octanol–water partition coefficient (Wildman–Crippen LogP) is 3.86. The lowest BCUT2D eigenvalue weighted by Crippen LogP contribution is -2.51. The average Bonchev–Trinajstić information content (AvgIpc) is 3.41. The van der Waals surface area contributed by atoms with Crippen molar-refractivity contribution in [3.8, 4) is 6.07 Å². The summed E-state index contributed by atoms with van der Waals surface area (Å²) in [6, 6.07) is 19.2. The Morgan fingerprint density at radius 1 is 1.27 bits per heavy atom. The number of nitriles is 1. The van der Waals surface area contributed by atoms with Gasteiger partial charge in [-0.25, -0.2) is 0 Å². The Balaban J connectivity index is 1.60. The number of hydrogen-bond acceptors (Lipinski definition) is 4. The molecule has 0 amide bonds. The minimum Gasteiger partial charge on any atom is -0.345 e. The van der Waals surface area contributed by atoms with E-state index in [2.05, 4.69) is 28.9 Å². The van der Waals surface area contributed by atoms with Gasteiger partial charge in [0.1, 0.15) is 0 Å². The van der Waals surface area contributed by atoms with Crippen LogP contribution in [0, 0.1) is 11.3 Å². The molecule has 2 unspecified atom stereocenters. The Labute approximate surface area is 177 Å². The van der Waals surface area contributed by atoms with Crippen molar-refractivity contribution in [2.75, 3.05) is 6.54 Å². The Morgan fingerprint density at radius 3 is 2.73 bits per heavy atom. The third-order valence-electron chi connectivity index (χ3n) is 6.40.